The fourth-order valence-electron chi connectivity index (χ4n) is 2.32. The van der Waals surface area contributed by atoms with Crippen molar-refractivity contribution >= 4 is 0 Å². The number of methoxy groups -OCH3 is 1. The molecule has 0 bridgehead atoms. The van der Waals surface area contributed by atoms with Gasteiger partial charge in [0.1, 0.15) is 5.75 Å². The Morgan fingerprint density at radius 3 is 2.71 bits per heavy atom. The summed E-state index contributed by atoms with van der Waals surface area (Å²) >= 11 is 0. The molecular formula is C16H25NO4. The Labute approximate surface area is 126 Å². The molecule has 1 unspecified atom stereocenters. The van der Waals surface area contributed by atoms with E-state index in [0.717, 1.165) is 25.3 Å². The van der Waals surface area contributed by atoms with Crippen LogP contribution in [0.5, 0.6) is 5.75 Å². The van der Waals surface area contributed by atoms with Gasteiger partial charge in [-0.15, -0.1) is 0 Å². The molecule has 21 heavy (non-hydrogen) atoms. The average molecular weight is 295 g/mol. The average Bonchev–Trinajstić information content (AvgIpc) is 2.53. The Kier molecular flexibility index (Phi) is 7.53. The first-order valence-corrected chi connectivity index (χ1v) is 7.51. The summed E-state index contributed by atoms with van der Waals surface area (Å²) < 4.78 is 21.4. The summed E-state index contributed by atoms with van der Waals surface area (Å²) in [5, 5.41) is 3.52. The summed E-state index contributed by atoms with van der Waals surface area (Å²) in [4.78, 5) is 0. The van der Waals surface area contributed by atoms with Crippen LogP contribution in [0.2, 0.25) is 0 Å². The molecule has 0 amide bonds. The zero-order valence-electron chi connectivity index (χ0n) is 12.7. The van der Waals surface area contributed by atoms with Crippen molar-refractivity contribution in [3.05, 3.63) is 29.8 Å². The van der Waals surface area contributed by atoms with Gasteiger partial charge < -0.3 is 24.3 Å². The van der Waals surface area contributed by atoms with E-state index in [2.05, 4.69) is 17.4 Å². The summed E-state index contributed by atoms with van der Waals surface area (Å²) in [6, 6.07) is 8.56. The van der Waals surface area contributed by atoms with Crippen LogP contribution in [0.15, 0.2) is 24.3 Å². The highest BCUT2D eigenvalue weighted by Crippen LogP contribution is 2.31. The van der Waals surface area contributed by atoms with Gasteiger partial charge in [-0.25, -0.2) is 0 Å². The van der Waals surface area contributed by atoms with Gasteiger partial charge >= 0.3 is 0 Å². The van der Waals surface area contributed by atoms with Crippen molar-refractivity contribution in [1.82, 2.24) is 5.32 Å². The molecule has 1 aliphatic rings. The SMILES string of the molecule is COCCOCCOCCNC1CCOc2ccccc21. The lowest BCUT2D eigenvalue weighted by molar-refractivity contribution is 0.0250. The molecule has 1 aromatic carbocycles. The van der Waals surface area contributed by atoms with E-state index in [0.29, 0.717) is 39.1 Å². The number of benzene rings is 1. The van der Waals surface area contributed by atoms with Crippen molar-refractivity contribution in [3.8, 4) is 5.75 Å². The first-order valence-electron chi connectivity index (χ1n) is 7.51. The molecule has 0 radical (unpaired) electrons. The zero-order valence-corrected chi connectivity index (χ0v) is 12.7. The molecule has 118 valence electrons. The minimum atomic E-state index is 0.358. The van der Waals surface area contributed by atoms with Crippen LogP contribution in [0.3, 0.4) is 0 Å². The summed E-state index contributed by atoms with van der Waals surface area (Å²) in [6.45, 7) is 4.77. The molecule has 0 saturated heterocycles. The van der Waals surface area contributed by atoms with Crippen molar-refractivity contribution in [1.29, 1.82) is 0 Å². The van der Waals surface area contributed by atoms with Crippen molar-refractivity contribution < 1.29 is 18.9 Å². The highest BCUT2D eigenvalue weighted by molar-refractivity contribution is 5.37. The predicted molar refractivity (Wildman–Crippen MR) is 80.8 cm³/mol. The second kappa shape index (κ2) is 9.73. The molecule has 5 nitrogen and oxygen atoms in total. The molecule has 1 aliphatic heterocycles. The van der Waals surface area contributed by atoms with E-state index < -0.39 is 0 Å². The Morgan fingerprint density at radius 1 is 1.10 bits per heavy atom. The topological polar surface area (TPSA) is 49.0 Å². The second-order valence-corrected chi connectivity index (χ2v) is 4.90. The number of nitrogens with one attached hydrogen (secondary N) is 1. The van der Waals surface area contributed by atoms with Crippen molar-refractivity contribution in [3.63, 3.8) is 0 Å². The van der Waals surface area contributed by atoms with Gasteiger partial charge in [0.2, 0.25) is 0 Å². The zero-order chi connectivity index (χ0) is 14.8. The smallest absolute Gasteiger partial charge is 0.124 e. The Balaban J connectivity index is 1.56. The molecule has 1 heterocycles. The van der Waals surface area contributed by atoms with Gasteiger partial charge in [0, 0.05) is 31.7 Å². The third-order valence-corrected chi connectivity index (χ3v) is 3.40. The lowest BCUT2D eigenvalue weighted by atomic mass is 10.0. The maximum atomic E-state index is 5.65. The Morgan fingerprint density at radius 2 is 1.86 bits per heavy atom. The van der Waals surface area contributed by atoms with E-state index in [9.17, 15) is 0 Å². The van der Waals surface area contributed by atoms with Crippen LogP contribution in [-0.4, -0.2) is 53.3 Å². The molecule has 0 fully saturated rings. The summed E-state index contributed by atoms with van der Waals surface area (Å²) in [6.07, 6.45) is 0.997. The largest absolute Gasteiger partial charge is 0.493 e. The van der Waals surface area contributed by atoms with E-state index in [1.807, 2.05) is 12.1 Å². The van der Waals surface area contributed by atoms with Crippen LogP contribution in [-0.2, 0) is 14.2 Å². The van der Waals surface area contributed by atoms with Crippen LogP contribution in [0.25, 0.3) is 0 Å². The van der Waals surface area contributed by atoms with E-state index in [1.165, 1.54) is 5.56 Å². The van der Waals surface area contributed by atoms with E-state index in [1.54, 1.807) is 7.11 Å². The van der Waals surface area contributed by atoms with Gasteiger partial charge in [0.15, 0.2) is 0 Å². The van der Waals surface area contributed by atoms with E-state index in [-0.39, 0.29) is 0 Å². The number of rotatable bonds is 10. The summed E-state index contributed by atoms with van der Waals surface area (Å²) in [5.74, 6) is 0.994. The normalized spacial score (nSPS) is 17.3. The summed E-state index contributed by atoms with van der Waals surface area (Å²) in [5.41, 5.74) is 1.24. The van der Waals surface area contributed by atoms with Gasteiger partial charge in [-0.05, 0) is 6.07 Å². The van der Waals surface area contributed by atoms with Gasteiger partial charge in [0.25, 0.3) is 0 Å². The van der Waals surface area contributed by atoms with Crippen LogP contribution in [0, 0.1) is 0 Å². The van der Waals surface area contributed by atoms with Gasteiger partial charge in [0.05, 0.1) is 39.6 Å². The van der Waals surface area contributed by atoms with Gasteiger partial charge in [-0.2, -0.15) is 0 Å². The fraction of sp³-hybridized carbons (Fsp3) is 0.625. The second-order valence-electron chi connectivity index (χ2n) is 4.90. The Bertz CT molecular complexity index is 400. The van der Waals surface area contributed by atoms with Crippen molar-refractivity contribution in [2.45, 2.75) is 12.5 Å². The number of para-hydroxylation sites is 1. The molecule has 1 aromatic rings. The maximum Gasteiger partial charge on any atom is 0.124 e. The minimum Gasteiger partial charge on any atom is -0.493 e. The molecule has 2 rings (SSSR count). The number of fused-ring (bicyclic) bond motifs is 1. The molecule has 1 atom stereocenters. The molecular weight excluding hydrogens is 270 g/mol. The molecule has 0 saturated carbocycles. The van der Waals surface area contributed by atoms with Crippen molar-refractivity contribution in [2.24, 2.45) is 0 Å². The standard InChI is InChI=1S/C16H25NO4/c1-18-10-11-20-13-12-19-9-7-17-15-6-8-21-16-5-3-2-4-14(15)16/h2-5,15,17H,6-13H2,1H3. The van der Waals surface area contributed by atoms with E-state index in [4.69, 9.17) is 18.9 Å². The fourth-order valence-corrected chi connectivity index (χ4v) is 2.32. The first-order chi connectivity index (χ1) is 10.4. The van der Waals surface area contributed by atoms with Gasteiger partial charge in [-0.1, -0.05) is 18.2 Å². The number of hydrogen-bond acceptors (Lipinski definition) is 5. The third kappa shape index (κ3) is 5.63. The van der Waals surface area contributed by atoms with Crippen LogP contribution >= 0.6 is 0 Å². The molecule has 1 N–H and O–H groups in total. The molecule has 0 spiro atoms. The highest BCUT2D eigenvalue weighted by Gasteiger charge is 2.19. The van der Waals surface area contributed by atoms with Crippen LogP contribution < -0.4 is 10.1 Å². The monoisotopic (exact) mass is 295 g/mol. The first kappa shape index (κ1) is 16.2. The predicted octanol–water partition coefficient (Wildman–Crippen LogP) is 1.78. The maximum absolute atomic E-state index is 5.65. The van der Waals surface area contributed by atoms with Crippen LogP contribution in [0.4, 0.5) is 0 Å². The highest BCUT2D eigenvalue weighted by atomic mass is 16.5. The van der Waals surface area contributed by atoms with Crippen molar-refractivity contribution in [2.75, 3.05) is 53.3 Å². The summed E-state index contributed by atoms with van der Waals surface area (Å²) in [7, 11) is 1.67. The molecule has 0 aliphatic carbocycles. The van der Waals surface area contributed by atoms with E-state index >= 15 is 0 Å². The lowest BCUT2D eigenvalue weighted by Gasteiger charge is -2.26. The molecule has 5 heteroatoms. The third-order valence-electron chi connectivity index (χ3n) is 3.40. The van der Waals surface area contributed by atoms with Gasteiger partial charge in [-0.3, -0.25) is 0 Å². The van der Waals surface area contributed by atoms with Crippen LogP contribution in [0.1, 0.15) is 18.0 Å². The number of ether oxygens (including phenoxy) is 4. The Hall–Kier alpha value is -1.14. The number of hydrogen-bond donors (Lipinski definition) is 1. The quantitative estimate of drug-likeness (QED) is 0.667. The lowest BCUT2D eigenvalue weighted by Crippen LogP contribution is -2.29. The molecule has 0 aromatic heterocycles. The minimum absolute atomic E-state index is 0.358.